The molecule has 3 N–H and O–H groups in total. The molecule has 3 rings (SSSR count). The maximum Gasteiger partial charge on any atom is 0.417 e. The Labute approximate surface area is 193 Å². The number of primary amides is 1. The summed E-state index contributed by atoms with van der Waals surface area (Å²) >= 11 is 5.39. The van der Waals surface area contributed by atoms with Crippen molar-refractivity contribution < 1.29 is 27.5 Å². The van der Waals surface area contributed by atoms with Crippen LogP contribution in [0.15, 0.2) is 60.8 Å². The highest BCUT2D eigenvalue weighted by Crippen LogP contribution is 2.36. The number of nitrogens with one attached hydrogen (secondary N) is 1. The smallest absolute Gasteiger partial charge is 0.417 e. The van der Waals surface area contributed by atoms with Gasteiger partial charge in [-0.05, 0) is 48.4 Å². The first kappa shape index (κ1) is 25.7. The zero-order chi connectivity index (χ0) is 24.4. The summed E-state index contributed by atoms with van der Waals surface area (Å²) in [6.45, 7) is 0. The maximum absolute atomic E-state index is 12.3. The van der Waals surface area contributed by atoms with Gasteiger partial charge in [0.2, 0.25) is 0 Å². The van der Waals surface area contributed by atoms with Gasteiger partial charge in [0.25, 0.3) is 5.91 Å². The van der Waals surface area contributed by atoms with Gasteiger partial charge in [-0.3, -0.25) is 9.78 Å². The number of aromatic nitrogens is 1. The van der Waals surface area contributed by atoms with Gasteiger partial charge >= 0.3 is 6.18 Å². The van der Waals surface area contributed by atoms with E-state index < -0.39 is 17.6 Å². The van der Waals surface area contributed by atoms with E-state index >= 15 is 0 Å². The molecule has 1 aromatic heterocycles. The van der Waals surface area contributed by atoms with Crippen LogP contribution in [-0.4, -0.2) is 24.2 Å². The van der Waals surface area contributed by atoms with Gasteiger partial charge in [-0.2, -0.15) is 13.2 Å². The number of aryl methyl sites for hydroxylation is 1. The third-order valence-corrected chi connectivity index (χ3v) is 4.58. The fourth-order valence-electron chi connectivity index (χ4n) is 2.59. The lowest BCUT2D eigenvalue weighted by molar-refractivity contribution is -0.137. The van der Waals surface area contributed by atoms with E-state index in [4.69, 9.17) is 22.1 Å². The summed E-state index contributed by atoms with van der Waals surface area (Å²) in [6, 6.07) is 14.2. The van der Waals surface area contributed by atoms with Crippen LogP contribution in [-0.2, 0) is 17.4 Å². The van der Waals surface area contributed by atoms with Gasteiger partial charge in [0.1, 0.15) is 23.5 Å². The average Bonchev–Trinajstić information content (AvgIpc) is 2.79. The highest BCUT2D eigenvalue weighted by Gasteiger charge is 2.33. The number of benzene rings is 2. The molecule has 10 heteroatoms. The van der Waals surface area contributed by atoms with Gasteiger partial charge in [-0.1, -0.05) is 23.7 Å². The number of carbonyl (C=O) groups excluding carboxylic acids is 2. The Bertz CT molecular complexity index is 1090. The van der Waals surface area contributed by atoms with E-state index in [9.17, 15) is 22.8 Å². The number of amides is 1. The van der Waals surface area contributed by atoms with Crippen LogP contribution < -0.4 is 15.8 Å². The van der Waals surface area contributed by atoms with Crippen LogP contribution >= 0.6 is 11.6 Å². The molecule has 0 aliphatic heterocycles. The molecule has 0 saturated carbocycles. The number of ether oxygens (including phenoxy) is 1. The minimum atomic E-state index is -4.40. The van der Waals surface area contributed by atoms with Crippen molar-refractivity contribution in [1.82, 2.24) is 4.98 Å². The number of aldehydes is 1. The first-order valence-corrected chi connectivity index (χ1v) is 10.0. The Kier molecular flexibility index (Phi) is 9.23. The molecule has 1 heterocycles. The van der Waals surface area contributed by atoms with Crippen molar-refractivity contribution in [2.24, 2.45) is 5.73 Å². The molecule has 1 amide bonds. The number of hydrogen-bond acceptors (Lipinski definition) is 5. The van der Waals surface area contributed by atoms with Gasteiger partial charge in [0.15, 0.2) is 0 Å². The standard InChI is InChI=1S/C15H14N2O3.C8H7ClF3N/c16-15(19)14-10-13(7-8-17-14)20-12-5-3-11(4-6-12)2-1-9-18;1-13-5-2-3-7(9)6(4-5)8(10,11)12/h3-10H,1-2H2,(H2,16,19);2-4,13H,1H3. The summed E-state index contributed by atoms with van der Waals surface area (Å²) in [4.78, 5) is 25.2. The highest BCUT2D eigenvalue weighted by atomic mass is 35.5. The number of nitrogens with zero attached hydrogens (tertiary/aromatic N) is 1. The summed E-state index contributed by atoms with van der Waals surface area (Å²) in [6.07, 6.45) is -0.818. The van der Waals surface area contributed by atoms with Crippen LogP contribution in [0, 0.1) is 0 Å². The monoisotopic (exact) mass is 479 g/mol. The van der Waals surface area contributed by atoms with E-state index in [1.54, 1.807) is 13.1 Å². The summed E-state index contributed by atoms with van der Waals surface area (Å²) in [5, 5.41) is 2.32. The fourth-order valence-corrected chi connectivity index (χ4v) is 2.82. The maximum atomic E-state index is 12.3. The Hall–Kier alpha value is -3.59. The molecule has 0 bridgehead atoms. The second kappa shape index (κ2) is 11.9. The normalized spacial score (nSPS) is 10.6. The molecular formula is C23H21ClF3N3O3. The molecule has 174 valence electrons. The number of nitrogens with two attached hydrogens (primary N) is 1. The highest BCUT2D eigenvalue weighted by molar-refractivity contribution is 6.31. The minimum absolute atomic E-state index is 0.158. The molecule has 0 atom stereocenters. The van der Waals surface area contributed by atoms with Crippen LogP contribution in [0.2, 0.25) is 5.02 Å². The van der Waals surface area contributed by atoms with Crippen LogP contribution in [0.3, 0.4) is 0 Å². The third kappa shape index (κ3) is 8.12. The molecule has 2 aromatic carbocycles. The second-order valence-corrected chi connectivity index (χ2v) is 7.04. The molecule has 0 fully saturated rings. The Balaban J connectivity index is 0.000000257. The number of halogens is 4. The molecule has 6 nitrogen and oxygen atoms in total. The number of carbonyl (C=O) groups is 2. The zero-order valence-corrected chi connectivity index (χ0v) is 18.3. The minimum Gasteiger partial charge on any atom is -0.457 e. The van der Waals surface area contributed by atoms with Gasteiger partial charge in [-0.15, -0.1) is 0 Å². The molecule has 0 aliphatic rings. The lowest BCUT2D eigenvalue weighted by Gasteiger charge is -2.10. The predicted octanol–water partition coefficient (Wildman–Crippen LogP) is 5.50. The second-order valence-electron chi connectivity index (χ2n) is 6.63. The molecule has 3 aromatic rings. The van der Waals surface area contributed by atoms with Crippen LogP contribution in [0.5, 0.6) is 11.5 Å². The van der Waals surface area contributed by atoms with Crippen molar-refractivity contribution in [3.63, 3.8) is 0 Å². The summed E-state index contributed by atoms with van der Waals surface area (Å²) in [5.74, 6) is 0.538. The van der Waals surface area contributed by atoms with E-state index in [1.807, 2.05) is 24.3 Å². The van der Waals surface area contributed by atoms with E-state index in [0.717, 1.165) is 17.9 Å². The van der Waals surface area contributed by atoms with E-state index in [1.165, 1.54) is 24.4 Å². The van der Waals surface area contributed by atoms with E-state index in [2.05, 4.69) is 10.3 Å². The van der Waals surface area contributed by atoms with Crippen molar-refractivity contribution >= 4 is 29.5 Å². The number of rotatable bonds is 7. The number of hydrogen-bond donors (Lipinski definition) is 2. The van der Waals surface area contributed by atoms with Crippen molar-refractivity contribution in [3.8, 4) is 11.5 Å². The lowest BCUT2D eigenvalue weighted by atomic mass is 10.1. The predicted molar refractivity (Wildman–Crippen MR) is 120 cm³/mol. The number of anilines is 1. The summed E-state index contributed by atoms with van der Waals surface area (Å²) in [5.41, 5.74) is 5.95. The fraction of sp³-hybridized carbons (Fsp3) is 0.174. The molecule has 0 aliphatic carbocycles. The first-order chi connectivity index (χ1) is 15.6. The third-order valence-electron chi connectivity index (χ3n) is 4.25. The Morgan fingerprint density at radius 2 is 1.82 bits per heavy atom. The molecule has 33 heavy (non-hydrogen) atoms. The van der Waals surface area contributed by atoms with Crippen LogP contribution in [0.1, 0.15) is 28.0 Å². The van der Waals surface area contributed by atoms with Crippen LogP contribution in [0.25, 0.3) is 0 Å². The summed E-state index contributed by atoms with van der Waals surface area (Å²) in [7, 11) is 1.55. The van der Waals surface area contributed by atoms with Crippen molar-refractivity contribution in [3.05, 3.63) is 82.6 Å². The van der Waals surface area contributed by atoms with Gasteiger partial charge < -0.3 is 20.6 Å². The molecular weight excluding hydrogens is 459 g/mol. The number of pyridine rings is 1. The average molecular weight is 480 g/mol. The van der Waals surface area contributed by atoms with Crippen molar-refractivity contribution in [2.45, 2.75) is 19.0 Å². The largest absolute Gasteiger partial charge is 0.457 e. The molecule has 0 radical (unpaired) electrons. The molecule has 0 saturated heterocycles. The van der Waals surface area contributed by atoms with E-state index in [0.29, 0.717) is 30.0 Å². The lowest BCUT2D eigenvalue weighted by Crippen LogP contribution is -2.12. The van der Waals surface area contributed by atoms with Crippen LogP contribution in [0.4, 0.5) is 18.9 Å². The van der Waals surface area contributed by atoms with Gasteiger partial charge in [0.05, 0.1) is 10.6 Å². The van der Waals surface area contributed by atoms with Crippen molar-refractivity contribution in [1.29, 1.82) is 0 Å². The Morgan fingerprint density at radius 3 is 2.39 bits per heavy atom. The summed E-state index contributed by atoms with van der Waals surface area (Å²) < 4.78 is 42.4. The van der Waals surface area contributed by atoms with Gasteiger partial charge in [-0.25, -0.2) is 0 Å². The van der Waals surface area contributed by atoms with E-state index in [-0.39, 0.29) is 10.7 Å². The first-order valence-electron chi connectivity index (χ1n) is 9.65. The Morgan fingerprint density at radius 1 is 1.12 bits per heavy atom. The zero-order valence-electron chi connectivity index (χ0n) is 17.5. The number of alkyl halides is 3. The molecule has 0 unspecified atom stereocenters. The topological polar surface area (TPSA) is 94.3 Å². The van der Waals surface area contributed by atoms with Crippen molar-refractivity contribution in [2.75, 3.05) is 12.4 Å². The SMILES string of the molecule is CNc1ccc(Cl)c(C(F)(F)F)c1.NC(=O)c1cc(Oc2ccc(CCC=O)cc2)ccn1. The quantitative estimate of drug-likeness (QED) is 0.436. The van der Waals surface area contributed by atoms with Gasteiger partial charge in [0, 0.05) is 31.4 Å². The molecule has 0 spiro atoms.